The first-order valence-corrected chi connectivity index (χ1v) is 5.64. The zero-order valence-electron chi connectivity index (χ0n) is 9.37. The smallest absolute Gasteiger partial charge is 0.315 e. The Morgan fingerprint density at radius 1 is 1.53 bits per heavy atom. The predicted octanol–water partition coefficient (Wildman–Crippen LogP) is 1.10. The van der Waals surface area contributed by atoms with Crippen LogP contribution in [0.2, 0.25) is 0 Å². The minimum Gasteiger partial charge on any atom is -0.395 e. The molecule has 3 N–H and O–H groups in total. The van der Waals surface area contributed by atoms with Gasteiger partial charge in [0, 0.05) is 6.54 Å². The zero-order valence-corrected chi connectivity index (χ0v) is 9.37. The summed E-state index contributed by atoms with van der Waals surface area (Å²) in [4.78, 5) is 11.4. The molecule has 1 unspecified atom stereocenters. The van der Waals surface area contributed by atoms with Crippen LogP contribution in [-0.4, -0.2) is 24.3 Å². The highest BCUT2D eigenvalue weighted by molar-refractivity contribution is 5.74. The van der Waals surface area contributed by atoms with Gasteiger partial charge in [-0.1, -0.05) is 6.07 Å². The van der Waals surface area contributed by atoms with E-state index in [0.29, 0.717) is 0 Å². The second kappa shape index (κ2) is 5.14. The molecule has 0 spiro atoms. The van der Waals surface area contributed by atoms with Gasteiger partial charge in [-0.25, -0.2) is 9.18 Å². The van der Waals surface area contributed by atoms with E-state index < -0.39 is 0 Å². The molecule has 0 saturated heterocycles. The lowest BCUT2D eigenvalue weighted by molar-refractivity contribution is 0.230. The first-order chi connectivity index (χ1) is 8.20. The Labute approximate surface area is 98.8 Å². The molecule has 1 aliphatic carbocycles. The third-order valence-electron chi connectivity index (χ3n) is 2.89. The van der Waals surface area contributed by atoms with E-state index in [-0.39, 0.29) is 31.0 Å². The largest absolute Gasteiger partial charge is 0.395 e. The number of fused-ring (bicyclic) bond motifs is 1. The van der Waals surface area contributed by atoms with Gasteiger partial charge in [-0.05, 0) is 36.1 Å². The Kier molecular flexibility index (Phi) is 3.58. The molecule has 0 aromatic heterocycles. The van der Waals surface area contributed by atoms with Crippen molar-refractivity contribution < 1.29 is 14.3 Å². The molecule has 1 aromatic carbocycles. The number of carbonyl (C=O) groups is 1. The molecule has 1 aromatic rings. The standard InChI is InChI=1S/C12H15FN2O2/c13-9-2-3-10-8(7-9)1-4-11(10)15-12(17)14-5-6-16/h2-3,7,11,16H,1,4-6H2,(H2,14,15,17). The summed E-state index contributed by atoms with van der Waals surface area (Å²) in [5.41, 5.74) is 1.93. The topological polar surface area (TPSA) is 61.4 Å². The SMILES string of the molecule is O=C(NCCO)NC1CCc2cc(F)ccc21. The van der Waals surface area contributed by atoms with Gasteiger partial charge < -0.3 is 15.7 Å². The number of aryl methyl sites for hydroxylation is 1. The fourth-order valence-corrected chi connectivity index (χ4v) is 2.11. The molecule has 5 heteroatoms. The van der Waals surface area contributed by atoms with Crippen LogP contribution < -0.4 is 10.6 Å². The highest BCUT2D eigenvalue weighted by Crippen LogP contribution is 2.31. The summed E-state index contributed by atoms with van der Waals surface area (Å²) in [6.45, 7) is 0.148. The summed E-state index contributed by atoms with van der Waals surface area (Å²) >= 11 is 0. The van der Waals surface area contributed by atoms with Crippen molar-refractivity contribution in [2.75, 3.05) is 13.2 Å². The molecule has 0 bridgehead atoms. The zero-order chi connectivity index (χ0) is 12.3. The first kappa shape index (κ1) is 11.9. The third kappa shape index (κ3) is 2.74. The number of benzene rings is 1. The van der Waals surface area contributed by atoms with Crippen molar-refractivity contribution in [1.82, 2.24) is 10.6 Å². The molecule has 0 saturated carbocycles. The number of aliphatic hydroxyl groups excluding tert-OH is 1. The monoisotopic (exact) mass is 238 g/mol. The molecule has 1 aliphatic rings. The maximum atomic E-state index is 13.0. The van der Waals surface area contributed by atoms with Gasteiger partial charge >= 0.3 is 6.03 Å². The summed E-state index contributed by atoms with van der Waals surface area (Å²) in [5, 5.41) is 13.9. The number of carbonyl (C=O) groups excluding carboxylic acids is 1. The summed E-state index contributed by atoms with van der Waals surface area (Å²) in [6, 6.07) is 4.27. The minimum atomic E-state index is -0.304. The molecular weight excluding hydrogens is 223 g/mol. The van der Waals surface area contributed by atoms with E-state index in [1.807, 2.05) is 0 Å². The Morgan fingerprint density at radius 2 is 2.35 bits per heavy atom. The molecule has 1 atom stereocenters. The number of aliphatic hydroxyl groups is 1. The van der Waals surface area contributed by atoms with Gasteiger partial charge in [0.25, 0.3) is 0 Å². The number of hydrogen-bond acceptors (Lipinski definition) is 2. The van der Waals surface area contributed by atoms with Crippen LogP contribution in [0.15, 0.2) is 18.2 Å². The molecule has 2 amide bonds. The second-order valence-corrected chi connectivity index (χ2v) is 4.06. The lowest BCUT2D eigenvalue weighted by Crippen LogP contribution is -2.38. The van der Waals surface area contributed by atoms with Crippen molar-refractivity contribution in [1.29, 1.82) is 0 Å². The third-order valence-corrected chi connectivity index (χ3v) is 2.89. The Balaban J connectivity index is 2.00. The summed E-state index contributed by atoms with van der Waals surface area (Å²) in [7, 11) is 0. The fraction of sp³-hybridized carbons (Fsp3) is 0.417. The number of hydrogen-bond donors (Lipinski definition) is 3. The van der Waals surface area contributed by atoms with Crippen LogP contribution in [0.1, 0.15) is 23.6 Å². The molecule has 92 valence electrons. The molecule has 2 rings (SSSR count). The van der Waals surface area contributed by atoms with Crippen LogP contribution in [0.4, 0.5) is 9.18 Å². The molecular formula is C12H15FN2O2. The molecule has 17 heavy (non-hydrogen) atoms. The fourth-order valence-electron chi connectivity index (χ4n) is 2.11. The van der Waals surface area contributed by atoms with Gasteiger partial charge in [0.2, 0.25) is 0 Å². The minimum absolute atomic E-state index is 0.0655. The molecule has 0 aliphatic heterocycles. The summed E-state index contributed by atoms with van der Waals surface area (Å²) in [6.07, 6.45) is 1.56. The van der Waals surface area contributed by atoms with E-state index in [1.165, 1.54) is 12.1 Å². The van der Waals surface area contributed by atoms with Gasteiger partial charge in [-0.2, -0.15) is 0 Å². The average Bonchev–Trinajstić information content (AvgIpc) is 2.69. The number of amides is 2. The van der Waals surface area contributed by atoms with E-state index in [0.717, 1.165) is 24.0 Å². The molecule has 0 heterocycles. The van der Waals surface area contributed by atoms with Crippen molar-refractivity contribution in [3.8, 4) is 0 Å². The number of rotatable bonds is 3. The van der Waals surface area contributed by atoms with Crippen molar-refractivity contribution in [2.24, 2.45) is 0 Å². The molecule has 4 nitrogen and oxygen atoms in total. The van der Waals surface area contributed by atoms with Crippen LogP contribution >= 0.6 is 0 Å². The van der Waals surface area contributed by atoms with E-state index in [4.69, 9.17) is 5.11 Å². The number of nitrogens with one attached hydrogen (secondary N) is 2. The van der Waals surface area contributed by atoms with Crippen LogP contribution in [0.3, 0.4) is 0 Å². The van der Waals surface area contributed by atoms with E-state index in [1.54, 1.807) is 6.07 Å². The van der Waals surface area contributed by atoms with Gasteiger partial charge in [0.1, 0.15) is 5.82 Å². The van der Waals surface area contributed by atoms with Crippen LogP contribution in [0, 0.1) is 5.82 Å². The number of halogens is 1. The quantitative estimate of drug-likeness (QED) is 0.738. The highest BCUT2D eigenvalue weighted by atomic mass is 19.1. The maximum Gasteiger partial charge on any atom is 0.315 e. The Bertz CT molecular complexity index is 423. The lowest BCUT2D eigenvalue weighted by Gasteiger charge is -2.14. The van der Waals surface area contributed by atoms with Crippen molar-refractivity contribution >= 4 is 6.03 Å². The van der Waals surface area contributed by atoms with Crippen LogP contribution in [0.25, 0.3) is 0 Å². The maximum absolute atomic E-state index is 13.0. The predicted molar refractivity (Wildman–Crippen MR) is 61.1 cm³/mol. The Morgan fingerprint density at radius 3 is 3.12 bits per heavy atom. The molecule has 0 radical (unpaired) electrons. The van der Waals surface area contributed by atoms with Gasteiger partial charge in [0.05, 0.1) is 12.6 Å². The summed E-state index contributed by atoms with van der Waals surface area (Å²) < 4.78 is 13.0. The van der Waals surface area contributed by atoms with Gasteiger partial charge in [-0.15, -0.1) is 0 Å². The lowest BCUT2D eigenvalue weighted by atomic mass is 10.1. The number of urea groups is 1. The van der Waals surface area contributed by atoms with E-state index >= 15 is 0 Å². The first-order valence-electron chi connectivity index (χ1n) is 5.64. The van der Waals surface area contributed by atoms with Gasteiger partial charge in [-0.3, -0.25) is 0 Å². The van der Waals surface area contributed by atoms with Crippen LogP contribution in [-0.2, 0) is 6.42 Å². The van der Waals surface area contributed by atoms with E-state index in [9.17, 15) is 9.18 Å². The van der Waals surface area contributed by atoms with Crippen molar-refractivity contribution in [2.45, 2.75) is 18.9 Å². The van der Waals surface area contributed by atoms with Crippen molar-refractivity contribution in [3.63, 3.8) is 0 Å². The van der Waals surface area contributed by atoms with Crippen molar-refractivity contribution in [3.05, 3.63) is 35.1 Å². The Hall–Kier alpha value is -1.62. The average molecular weight is 238 g/mol. The van der Waals surface area contributed by atoms with Crippen LogP contribution in [0.5, 0.6) is 0 Å². The van der Waals surface area contributed by atoms with Gasteiger partial charge in [0.15, 0.2) is 0 Å². The summed E-state index contributed by atoms with van der Waals surface area (Å²) in [5.74, 6) is -0.242. The molecule has 0 fully saturated rings. The second-order valence-electron chi connectivity index (χ2n) is 4.06. The highest BCUT2D eigenvalue weighted by Gasteiger charge is 2.23. The normalized spacial score (nSPS) is 17.6. The van der Waals surface area contributed by atoms with E-state index in [2.05, 4.69) is 10.6 Å².